The standard InChI is InChI=1S/C21H25N5O/c1-25-11-13-26(14-12-25)21-23-19-6-4-3-5-18(19)20(24-21)22-15-16-7-9-17(27-2)10-8-16/h3-10H,11-15H2,1-2H3,(H,22,23,24). The van der Waals surface area contributed by atoms with Crippen molar-refractivity contribution in [2.75, 3.05) is 50.6 Å². The monoisotopic (exact) mass is 363 g/mol. The Morgan fingerprint density at radius 1 is 0.963 bits per heavy atom. The highest BCUT2D eigenvalue weighted by atomic mass is 16.5. The minimum atomic E-state index is 0.702. The Morgan fingerprint density at radius 2 is 1.70 bits per heavy atom. The fourth-order valence-corrected chi connectivity index (χ4v) is 3.28. The topological polar surface area (TPSA) is 53.5 Å². The van der Waals surface area contributed by atoms with Gasteiger partial charge in [-0.1, -0.05) is 24.3 Å². The lowest BCUT2D eigenvalue weighted by molar-refractivity contribution is 0.311. The summed E-state index contributed by atoms with van der Waals surface area (Å²) in [5, 5.41) is 4.55. The lowest BCUT2D eigenvalue weighted by Gasteiger charge is -2.32. The fraction of sp³-hybridized carbons (Fsp3) is 0.333. The van der Waals surface area contributed by atoms with Gasteiger partial charge in [0.1, 0.15) is 11.6 Å². The van der Waals surface area contributed by atoms with Crippen molar-refractivity contribution in [3.63, 3.8) is 0 Å². The average molecular weight is 363 g/mol. The number of ether oxygens (including phenoxy) is 1. The highest BCUT2D eigenvalue weighted by Gasteiger charge is 2.18. The SMILES string of the molecule is COc1ccc(CNc2nc(N3CCN(C)CC3)nc3ccccc23)cc1. The van der Waals surface area contributed by atoms with E-state index in [1.165, 1.54) is 5.56 Å². The molecule has 0 spiro atoms. The highest BCUT2D eigenvalue weighted by molar-refractivity contribution is 5.90. The zero-order chi connectivity index (χ0) is 18.6. The molecule has 140 valence electrons. The molecule has 1 fully saturated rings. The van der Waals surface area contributed by atoms with Crippen LogP contribution in [0.3, 0.4) is 0 Å². The first kappa shape index (κ1) is 17.5. The molecule has 0 atom stereocenters. The molecular weight excluding hydrogens is 338 g/mol. The molecule has 4 rings (SSSR count). The quantitative estimate of drug-likeness (QED) is 0.752. The van der Waals surface area contributed by atoms with Gasteiger partial charge in [-0.3, -0.25) is 0 Å². The van der Waals surface area contributed by atoms with Crippen molar-refractivity contribution in [2.45, 2.75) is 6.54 Å². The van der Waals surface area contributed by atoms with E-state index < -0.39 is 0 Å². The molecule has 3 aromatic rings. The van der Waals surface area contributed by atoms with Crippen LogP contribution < -0.4 is 15.0 Å². The van der Waals surface area contributed by atoms with E-state index in [1.807, 2.05) is 24.3 Å². The summed E-state index contributed by atoms with van der Waals surface area (Å²) < 4.78 is 5.23. The largest absolute Gasteiger partial charge is 0.497 e. The normalized spacial score (nSPS) is 15.1. The molecule has 1 aromatic heterocycles. The van der Waals surface area contributed by atoms with Crippen LogP contribution in [0.15, 0.2) is 48.5 Å². The number of para-hydroxylation sites is 1. The average Bonchev–Trinajstić information content (AvgIpc) is 2.72. The lowest BCUT2D eigenvalue weighted by atomic mass is 10.2. The van der Waals surface area contributed by atoms with Crippen LogP contribution in [0.2, 0.25) is 0 Å². The number of likely N-dealkylation sites (N-methyl/N-ethyl adjacent to an activating group) is 1. The summed E-state index contributed by atoms with van der Waals surface area (Å²) in [6, 6.07) is 16.3. The fourth-order valence-electron chi connectivity index (χ4n) is 3.28. The summed E-state index contributed by atoms with van der Waals surface area (Å²) in [6.45, 7) is 4.67. The molecule has 1 N–H and O–H groups in total. The first-order valence-electron chi connectivity index (χ1n) is 9.30. The van der Waals surface area contributed by atoms with Crippen LogP contribution in [-0.4, -0.2) is 55.2 Å². The van der Waals surface area contributed by atoms with Crippen LogP contribution in [0, 0.1) is 0 Å². The van der Waals surface area contributed by atoms with Gasteiger partial charge in [0.2, 0.25) is 5.95 Å². The van der Waals surface area contributed by atoms with Gasteiger partial charge in [-0.05, 0) is 36.9 Å². The summed E-state index contributed by atoms with van der Waals surface area (Å²) >= 11 is 0. The van der Waals surface area contributed by atoms with E-state index in [4.69, 9.17) is 14.7 Å². The molecule has 1 aliphatic rings. The first-order valence-corrected chi connectivity index (χ1v) is 9.30. The Morgan fingerprint density at radius 3 is 2.44 bits per heavy atom. The predicted molar refractivity (Wildman–Crippen MR) is 110 cm³/mol. The van der Waals surface area contributed by atoms with Crippen molar-refractivity contribution in [3.05, 3.63) is 54.1 Å². The van der Waals surface area contributed by atoms with Gasteiger partial charge >= 0.3 is 0 Å². The van der Waals surface area contributed by atoms with Gasteiger partial charge in [0.05, 0.1) is 12.6 Å². The number of hydrogen-bond acceptors (Lipinski definition) is 6. The molecule has 0 saturated carbocycles. The van der Waals surface area contributed by atoms with Crippen molar-refractivity contribution in [3.8, 4) is 5.75 Å². The number of hydrogen-bond donors (Lipinski definition) is 1. The number of anilines is 2. The van der Waals surface area contributed by atoms with Gasteiger partial charge < -0.3 is 19.9 Å². The third-order valence-electron chi connectivity index (χ3n) is 5.00. The van der Waals surface area contributed by atoms with E-state index in [0.29, 0.717) is 6.54 Å². The third kappa shape index (κ3) is 3.95. The molecule has 6 nitrogen and oxygen atoms in total. The van der Waals surface area contributed by atoms with Crippen molar-refractivity contribution in [2.24, 2.45) is 0 Å². The molecule has 0 unspecified atom stereocenters. The highest BCUT2D eigenvalue weighted by Crippen LogP contribution is 2.24. The summed E-state index contributed by atoms with van der Waals surface area (Å²) in [6.07, 6.45) is 0. The number of benzene rings is 2. The van der Waals surface area contributed by atoms with Crippen LogP contribution in [0.25, 0.3) is 10.9 Å². The van der Waals surface area contributed by atoms with Crippen LogP contribution in [0.1, 0.15) is 5.56 Å². The van der Waals surface area contributed by atoms with E-state index in [1.54, 1.807) is 7.11 Å². The number of rotatable bonds is 5. The molecule has 0 bridgehead atoms. The number of piperazine rings is 1. The minimum Gasteiger partial charge on any atom is -0.497 e. The maximum atomic E-state index is 5.23. The Kier molecular flexibility index (Phi) is 5.07. The summed E-state index contributed by atoms with van der Waals surface area (Å²) in [7, 11) is 3.83. The van der Waals surface area contributed by atoms with Crippen LogP contribution >= 0.6 is 0 Å². The smallest absolute Gasteiger partial charge is 0.227 e. The van der Waals surface area contributed by atoms with Crippen molar-refractivity contribution < 1.29 is 4.74 Å². The molecule has 0 radical (unpaired) electrons. The van der Waals surface area contributed by atoms with E-state index in [9.17, 15) is 0 Å². The van der Waals surface area contributed by atoms with Crippen LogP contribution in [-0.2, 0) is 6.54 Å². The number of nitrogens with one attached hydrogen (secondary N) is 1. The number of methoxy groups -OCH3 is 1. The molecule has 27 heavy (non-hydrogen) atoms. The first-order chi connectivity index (χ1) is 13.2. The second kappa shape index (κ2) is 7.80. The Bertz CT molecular complexity index is 904. The maximum absolute atomic E-state index is 5.23. The van der Waals surface area contributed by atoms with Gasteiger partial charge in [0, 0.05) is 38.1 Å². The predicted octanol–water partition coefficient (Wildman–Crippen LogP) is 3.00. The van der Waals surface area contributed by atoms with Gasteiger partial charge in [-0.25, -0.2) is 4.98 Å². The Labute approximate surface area is 159 Å². The molecular formula is C21H25N5O. The summed E-state index contributed by atoms with van der Waals surface area (Å²) in [4.78, 5) is 14.3. The molecule has 1 saturated heterocycles. The summed E-state index contributed by atoms with van der Waals surface area (Å²) in [5.74, 6) is 2.55. The second-order valence-electron chi connectivity index (χ2n) is 6.88. The molecule has 0 aliphatic carbocycles. The lowest BCUT2D eigenvalue weighted by Crippen LogP contribution is -2.45. The maximum Gasteiger partial charge on any atom is 0.227 e. The zero-order valence-electron chi connectivity index (χ0n) is 15.9. The molecule has 2 heterocycles. The van der Waals surface area contributed by atoms with E-state index in [0.717, 1.165) is 54.6 Å². The van der Waals surface area contributed by atoms with Crippen LogP contribution in [0.5, 0.6) is 5.75 Å². The van der Waals surface area contributed by atoms with Gasteiger partial charge in [-0.15, -0.1) is 0 Å². The van der Waals surface area contributed by atoms with Gasteiger partial charge in [0.15, 0.2) is 0 Å². The Hall–Kier alpha value is -2.86. The van der Waals surface area contributed by atoms with E-state index >= 15 is 0 Å². The summed E-state index contributed by atoms with van der Waals surface area (Å²) in [5.41, 5.74) is 2.15. The van der Waals surface area contributed by atoms with Gasteiger partial charge in [0.25, 0.3) is 0 Å². The van der Waals surface area contributed by atoms with Crippen molar-refractivity contribution in [1.82, 2.24) is 14.9 Å². The second-order valence-corrected chi connectivity index (χ2v) is 6.88. The van der Waals surface area contributed by atoms with Crippen LogP contribution in [0.4, 0.5) is 11.8 Å². The third-order valence-corrected chi connectivity index (χ3v) is 5.00. The molecule has 2 aromatic carbocycles. The molecule has 6 heteroatoms. The van der Waals surface area contributed by atoms with Crippen molar-refractivity contribution in [1.29, 1.82) is 0 Å². The minimum absolute atomic E-state index is 0.702. The zero-order valence-corrected chi connectivity index (χ0v) is 15.9. The molecule has 1 aliphatic heterocycles. The number of aromatic nitrogens is 2. The number of fused-ring (bicyclic) bond motifs is 1. The molecule has 0 amide bonds. The van der Waals surface area contributed by atoms with E-state index in [-0.39, 0.29) is 0 Å². The Balaban J connectivity index is 1.59. The number of nitrogens with zero attached hydrogens (tertiary/aromatic N) is 4. The van der Waals surface area contributed by atoms with E-state index in [2.05, 4.69) is 46.4 Å². The van der Waals surface area contributed by atoms with Crippen molar-refractivity contribution >= 4 is 22.7 Å². The van der Waals surface area contributed by atoms with Gasteiger partial charge in [-0.2, -0.15) is 4.98 Å².